The predicted molar refractivity (Wildman–Crippen MR) is 107 cm³/mol. The molecule has 0 fully saturated rings. The Hall–Kier alpha value is -2.98. The Morgan fingerprint density at radius 3 is 2.77 bits per heavy atom. The summed E-state index contributed by atoms with van der Waals surface area (Å²) in [5, 5.41) is 7.35. The van der Waals surface area contributed by atoms with Gasteiger partial charge in [0.15, 0.2) is 0 Å². The third-order valence-corrected chi connectivity index (χ3v) is 5.21. The van der Waals surface area contributed by atoms with Crippen molar-refractivity contribution < 1.29 is 4.79 Å². The summed E-state index contributed by atoms with van der Waals surface area (Å²) in [6.07, 6.45) is 2.17. The zero-order valence-electron chi connectivity index (χ0n) is 14.2. The number of rotatable bonds is 5. The average Bonchev–Trinajstić information content (AvgIpc) is 3.22. The molecule has 0 aliphatic heterocycles. The summed E-state index contributed by atoms with van der Waals surface area (Å²) in [5.41, 5.74) is 3.05. The van der Waals surface area contributed by atoms with Crippen molar-refractivity contribution >= 4 is 28.0 Å². The van der Waals surface area contributed by atoms with E-state index in [-0.39, 0.29) is 5.91 Å². The number of pyridine rings is 1. The molecule has 2 aromatic heterocycles. The van der Waals surface area contributed by atoms with Crippen LogP contribution in [0.4, 0.5) is 0 Å². The number of hydrogen-bond donors (Lipinski definition) is 1. The van der Waals surface area contributed by atoms with E-state index in [1.807, 2.05) is 47.8 Å². The van der Waals surface area contributed by atoms with Crippen molar-refractivity contribution in [1.82, 2.24) is 10.3 Å². The first-order chi connectivity index (χ1) is 12.8. The van der Waals surface area contributed by atoms with E-state index in [1.54, 1.807) is 17.5 Å². The van der Waals surface area contributed by atoms with Gasteiger partial charge in [-0.25, -0.2) is 0 Å². The van der Waals surface area contributed by atoms with Gasteiger partial charge in [-0.1, -0.05) is 48.5 Å². The predicted octanol–water partition coefficient (Wildman–Crippen LogP) is 4.82. The van der Waals surface area contributed by atoms with Crippen LogP contribution >= 0.6 is 11.3 Å². The Bertz CT molecular complexity index is 1040. The topological polar surface area (TPSA) is 42.0 Å². The zero-order chi connectivity index (χ0) is 17.8. The molecule has 0 unspecified atom stereocenters. The van der Waals surface area contributed by atoms with Gasteiger partial charge in [-0.3, -0.25) is 9.78 Å². The largest absolute Gasteiger partial charge is 0.352 e. The normalized spacial score (nSPS) is 10.8. The molecule has 0 atom stereocenters. The summed E-state index contributed by atoms with van der Waals surface area (Å²) in [7, 11) is 0. The first kappa shape index (κ1) is 16.5. The summed E-state index contributed by atoms with van der Waals surface area (Å²) in [6.45, 7) is 0.504. The fraction of sp³-hybridized carbons (Fsp3) is 0.0909. The van der Waals surface area contributed by atoms with Crippen molar-refractivity contribution in [2.45, 2.75) is 13.0 Å². The summed E-state index contributed by atoms with van der Waals surface area (Å²) in [6, 6.07) is 22.3. The molecule has 128 valence electrons. The molecular weight excluding hydrogens is 340 g/mol. The van der Waals surface area contributed by atoms with Crippen LogP contribution in [0.1, 0.15) is 11.1 Å². The van der Waals surface area contributed by atoms with Gasteiger partial charge in [-0.05, 0) is 45.5 Å². The second-order valence-corrected chi connectivity index (χ2v) is 7.07. The molecule has 0 spiro atoms. The zero-order valence-corrected chi connectivity index (χ0v) is 15.0. The maximum absolute atomic E-state index is 12.4. The highest BCUT2D eigenvalue weighted by Crippen LogP contribution is 2.23. The van der Waals surface area contributed by atoms with E-state index in [0.717, 1.165) is 32.5 Å². The molecule has 0 aliphatic rings. The molecule has 1 amide bonds. The molecule has 4 rings (SSSR count). The van der Waals surface area contributed by atoms with Crippen LogP contribution < -0.4 is 5.32 Å². The van der Waals surface area contributed by atoms with Gasteiger partial charge < -0.3 is 5.32 Å². The lowest BCUT2D eigenvalue weighted by Gasteiger charge is -2.09. The van der Waals surface area contributed by atoms with Crippen LogP contribution in [0.3, 0.4) is 0 Å². The van der Waals surface area contributed by atoms with E-state index >= 15 is 0 Å². The molecule has 2 aromatic carbocycles. The first-order valence-corrected chi connectivity index (χ1v) is 9.40. The maximum atomic E-state index is 12.4. The van der Waals surface area contributed by atoms with Gasteiger partial charge in [0.2, 0.25) is 5.91 Å². The van der Waals surface area contributed by atoms with Crippen LogP contribution in [0.5, 0.6) is 0 Å². The molecule has 0 saturated carbocycles. The Morgan fingerprint density at radius 1 is 1.00 bits per heavy atom. The summed E-state index contributed by atoms with van der Waals surface area (Å²) in [5.74, 6) is 0.0239. The van der Waals surface area contributed by atoms with E-state index in [0.29, 0.717) is 13.0 Å². The molecule has 4 aromatic rings. The number of amides is 1. The van der Waals surface area contributed by atoms with Crippen LogP contribution in [-0.2, 0) is 17.8 Å². The summed E-state index contributed by atoms with van der Waals surface area (Å²) < 4.78 is 0. The molecule has 3 nitrogen and oxygen atoms in total. The van der Waals surface area contributed by atoms with Gasteiger partial charge in [0.1, 0.15) is 0 Å². The summed E-state index contributed by atoms with van der Waals surface area (Å²) >= 11 is 1.66. The molecule has 0 bridgehead atoms. The lowest BCUT2D eigenvalue weighted by Crippen LogP contribution is -2.24. The standard InChI is InChI=1S/C22H18N2OS/c25-22(14-18-7-3-6-17-5-1-2-8-19(17)18)24-15-16-10-11-23-20(13-16)21-9-4-12-26-21/h1-13H,14-15H2,(H,24,25). The summed E-state index contributed by atoms with van der Waals surface area (Å²) in [4.78, 5) is 18.0. The van der Waals surface area contributed by atoms with E-state index in [9.17, 15) is 4.79 Å². The number of carbonyl (C=O) groups is 1. The highest BCUT2D eigenvalue weighted by atomic mass is 32.1. The van der Waals surface area contributed by atoms with Crippen molar-refractivity contribution in [3.05, 3.63) is 89.4 Å². The lowest BCUT2D eigenvalue weighted by atomic mass is 10.0. The fourth-order valence-corrected chi connectivity index (χ4v) is 3.72. The van der Waals surface area contributed by atoms with Crippen LogP contribution in [0.25, 0.3) is 21.3 Å². The van der Waals surface area contributed by atoms with Gasteiger partial charge in [-0.2, -0.15) is 0 Å². The Morgan fingerprint density at radius 2 is 1.88 bits per heavy atom. The SMILES string of the molecule is O=C(Cc1cccc2ccccc12)NCc1ccnc(-c2cccs2)c1. The highest BCUT2D eigenvalue weighted by Gasteiger charge is 2.08. The number of benzene rings is 2. The Balaban J connectivity index is 1.43. The van der Waals surface area contributed by atoms with Gasteiger partial charge in [0, 0.05) is 12.7 Å². The molecule has 26 heavy (non-hydrogen) atoms. The van der Waals surface area contributed by atoms with Crippen molar-refractivity contribution in [2.75, 3.05) is 0 Å². The average molecular weight is 358 g/mol. The molecule has 0 radical (unpaired) electrons. The number of fused-ring (bicyclic) bond motifs is 1. The van der Waals surface area contributed by atoms with Crippen molar-refractivity contribution in [3.63, 3.8) is 0 Å². The van der Waals surface area contributed by atoms with E-state index in [4.69, 9.17) is 0 Å². The second-order valence-electron chi connectivity index (χ2n) is 6.12. The number of hydrogen-bond acceptors (Lipinski definition) is 3. The van der Waals surface area contributed by atoms with Gasteiger partial charge in [0.25, 0.3) is 0 Å². The maximum Gasteiger partial charge on any atom is 0.224 e. The van der Waals surface area contributed by atoms with Crippen LogP contribution in [0.2, 0.25) is 0 Å². The smallest absolute Gasteiger partial charge is 0.224 e. The van der Waals surface area contributed by atoms with Crippen LogP contribution in [0, 0.1) is 0 Å². The van der Waals surface area contributed by atoms with E-state index in [1.165, 1.54) is 0 Å². The Kier molecular flexibility index (Phi) is 4.75. The molecule has 0 saturated heterocycles. The third kappa shape index (κ3) is 3.65. The first-order valence-electron chi connectivity index (χ1n) is 8.52. The second kappa shape index (κ2) is 7.50. The van der Waals surface area contributed by atoms with Gasteiger partial charge >= 0.3 is 0 Å². The molecule has 2 heterocycles. The van der Waals surface area contributed by atoms with E-state index in [2.05, 4.69) is 34.6 Å². The van der Waals surface area contributed by atoms with Crippen molar-refractivity contribution in [1.29, 1.82) is 0 Å². The van der Waals surface area contributed by atoms with E-state index < -0.39 is 0 Å². The lowest BCUT2D eigenvalue weighted by molar-refractivity contribution is -0.120. The highest BCUT2D eigenvalue weighted by molar-refractivity contribution is 7.13. The molecule has 4 heteroatoms. The van der Waals surface area contributed by atoms with Gasteiger partial charge in [-0.15, -0.1) is 11.3 Å². The van der Waals surface area contributed by atoms with Crippen LogP contribution in [0.15, 0.2) is 78.3 Å². The molecule has 1 N–H and O–H groups in total. The van der Waals surface area contributed by atoms with Crippen LogP contribution in [-0.4, -0.2) is 10.9 Å². The minimum atomic E-state index is 0.0239. The number of thiophene rings is 1. The third-order valence-electron chi connectivity index (χ3n) is 4.32. The fourth-order valence-electron chi connectivity index (χ4n) is 3.03. The number of carbonyl (C=O) groups excluding carboxylic acids is 1. The molecule has 0 aliphatic carbocycles. The number of nitrogens with zero attached hydrogens (tertiary/aromatic N) is 1. The van der Waals surface area contributed by atoms with Crippen molar-refractivity contribution in [3.8, 4) is 10.6 Å². The number of aromatic nitrogens is 1. The van der Waals surface area contributed by atoms with Crippen molar-refractivity contribution in [2.24, 2.45) is 0 Å². The monoisotopic (exact) mass is 358 g/mol. The minimum absolute atomic E-state index is 0.0239. The Labute approximate surface area is 156 Å². The molecular formula is C22H18N2OS. The quantitative estimate of drug-likeness (QED) is 0.556. The van der Waals surface area contributed by atoms with Gasteiger partial charge in [0.05, 0.1) is 17.0 Å². The number of nitrogens with one attached hydrogen (secondary N) is 1. The minimum Gasteiger partial charge on any atom is -0.352 e.